The highest BCUT2D eigenvalue weighted by Gasteiger charge is 2.23. The molecule has 1 atom stereocenters. The van der Waals surface area contributed by atoms with Crippen LogP contribution in [0.15, 0.2) is 15.4 Å². The van der Waals surface area contributed by atoms with Crippen molar-refractivity contribution in [1.29, 1.82) is 0 Å². The number of aryl methyl sites for hydroxylation is 1. The molecular weight excluding hydrogens is 312 g/mol. The maximum Gasteiger partial charge on any atom is 0.308 e. The van der Waals surface area contributed by atoms with Gasteiger partial charge < -0.3 is 14.8 Å². The van der Waals surface area contributed by atoms with Gasteiger partial charge in [0.2, 0.25) is 10.0 Å². The van der Waals surface area contributed by atoms with Gasteiger partial charge in [-0.15, -0.1) is 0 Å². The highest BCUT2D eigenvalue weighted by Crippen LogP contribution is 2.19. The molecule has 0 aliphatic carbocycles. The zero-order chi connectivity index (χ0) is 17.1. The van der Waals surface area contributed by atoms with Crippen molar-refractivity contribution in [3.05, 3.63) is 17.6 Å². The number of carboxylic acid groups (broad SMARTS) is 1. The summed E-state index contributed by atoms with van der Waals surface area (Å²) in [6.45, 7) is 5.06. The molecule has 9 heteroatoms. The Morgan fingerprint density at radius 1 is 1.41 bits per heavy atom. The third-order valence-corrected chi connectivity index (χ3v) is 4.04. The lowest BCUT2D eigenvalue weighted by Crippen LogP contribution is -2.33. The SMILES string of the molecule is Cc1oc(C(=O)NCC(CC(C)C)C(=O)O)cc1S(N)(=O)=O. The molecule has 0 bridgehead atoms. The fourth-order valence-corrected chi connectivity index (χ4v) is 2.72. The van der Waals surface area contributed by atoms with Crippen LogP contribution in [0.5, 0.6) is 0 Å². The Morgan fingerprint density at radius 2 is 2.00 bits per heavy atom. The van der Waals surface area contributed by atoms with Crippen LogP contribution in [0, 0.1) is 18.8 Å². The number of aliphatic carboxylic acids is 1. The van der Waals surface area contributed by atoms with Gasteiger partial charge in [-0.2, -0.15) is 0 Å². The number of amides is 1. The molecule has 8 nitrogen and oxygen atoms in total. The molecule has 0 saturated heterocycles. The molecule has 0 aliphatic heterocycles. The molecule has 1 aromatic rings. The molecule has 1 aromatic heterocycles. The minimum atomic E-state index is -3.97. The summed E-state index contributed by atoms with van der Waals surface area (Å²) in [6.07, 6.45) is 0.412. The molecule has 0 aliphatic rings. The van der Waals surface area contributed by atoms with E-state index in [9.17, 15) is 18.0 Å². The topological polar surface area (TPSA) is 140 Å². The van der Waals surface area contributed by atoms with E-state index < -0.39 is 27.8 Å². The normalized spacial score (nSPS) is 13.1. The lowest BCUT2D eigenvalue weighted by molar-refractivity contribution is -0.142. The Hall–Kier alpha value is -1.87. The molecule has 1 unspecified atom stereocenters. The molecule has 0 saturated carbocycles. The van der Waals surface area contributed by atoms with E-state index in [2.05, 4.69) is 5.32 Å². The van der Waals surface area contributed by atoms with Crippen molar-refractivity contribution in [1.82, 2.24) is 5.32 Å². The Balaban J connectivity index is 2.79. The number of sulfonamides is 1. The molecule has 0 radical (unpaired) electrons. The van der Waals surface area contributed by atoms with Crippen LogP contribution < -0.4 is 10.5 Å². The van der Waals surface area contributed by atoms with Crippen molar-refractivity contribution in [3.8, 4) is 0 Å². The number of carbonyl (C=O) groups excluding carboxylic acids is 1. The van der Waals surface area contributed by atoms with E-state index >= 15 is 0 Å². The first-order valence-electron chi connectivity index (χ1n) is 6.66. The predicted molar refractivity (Wildman–Crippen MR) is 77.7 cm³/mol. The van der Waals surface area contributed by atoms with Crippen LogP contribution in [0.1, 0.15) is 36.6 Å². The van der Waals surface area contributed by atoms with Crippen LogP contribution in [0.3, 0.4) is 0 Å². The van der Waals surface area contributed by atoms with E-state index in [4.69, 9.17) is 14.7 Å². The summed E-state index contributed by atoms with van der Waals surface area (Å²) in [5, 5.41) is 16.5. The molecule has 124 valence electrons. The standard InChI is InChI=1S/C13H20N2O6S/c1-7(2)4-9(13(17)18)6-15-12(16)10-5-11(8(3)21-10)22(14,19)20/h5,7,9H,4,6H2,1-3H3,(H,15,16)(H,17,18)(H2,14,19,20). The lowest BCUT2D eigenvalue weighted by Gasteiger charge is -2.14. The van der Waals surface area contributed by atoms with E-state index in [0.717, 1.165) is 6.07 Å². The average molecular weight is 332 g/mol. The average Bonchev–Trinajstić information content (AvgIpc) is 2.75. The van der Waals surface area contributed by atoms with Gasteiger partial charge in [0.05, 0.1) is 5.92 Å². The first kappa shape index (κ1) is 18.2. The maximum atomic E-state index is 11.9. The number of hydrogen-bond donors (Lipinski definition) is 3. The van der Waals surface area contributed by atoms with E-state index in [1.54, 1.807) is 0 Å². The summed E-state index contributed by atoms with van der Waals surface area (Å²) in [4.78, 5) is 22.8. The van der Waals surface area contributed by atoms with Crippen LogP contribution in [0.4, 0.5) is 0 Å². The molecule has 22 heavy (non-hydrogen) atoms. The molecule has 1 heterocycles. The summed E-state index contributed by atoms with van der Waals surface area (Å²) in [5.41, 5.74) is 0. The Kier molecular flexibility index (Phi) is 5.72. The molecule has 1 rings (SSSR count). The summed E-state index contributed by atoms with van der Waals surface area (Å²) < 4.78 is 27.6. The van der Waals surface area contributed by atoms with Gasteiger partial charge in [0, 0.05) is 12.6 Å². The minimum absolute atomic E-state index is 0.00427. The quantitative estimate of drug-likeness (QED) is 0.672. The molecule has 0 aromatic carbocycles. The highest BCUT2D eigenvalue weighted by atomic mass is 32.2. The molecular formula is C13H20N2O6S. The number of nitrogens with two attached hydrogens (primary N) is 1. The Morgan fingerprint density at radius 3 is 2.41 bits per heavy atom. The summed E-state index contributed by atoms with van der Waals surface area (Å²) in [7, 11) is -3.97. The fraction of sp³-hybridized carbons (Fsp3) is 0.538. The number of nitrogens with one attached hydrogen (secondary N) is 1. The monoisotopic (exact) mass is 332 g/mol. The smallest absolute Gasteiger partial charge is 0.308 e. The van der Waals surface area contributed by atoms with Crippen LogP contribution in [-0.2, 0) is 14.8 Å². The van der Waals surface area contributed by atoms with Crippen LogP contribution in [0.2, 0.25) is 0 Å². The second-order valence-electron chi connectivity index (χ2n) is 5.45. The number of carbonyl (C=O) groups is 2. The summed E-state index contributed by atoms with van der Waals surface area (Å²) in [5.74, 6) is -2.47. The third-order valence-electron chi connectivity index (χ3n) is 3.02. The maximum absolute atomic E-state index is 11.9. The number of carboxylic acids is 1. The van der Waals surface area contributed by atoms with Crippen molar-refractivity contribution in [2.75, 3.05) is 6.54 Å². The molecule has 0 spiro atoms. The second-order valence-corrected chi connectivity index (χ2v) is 6.98. The number of primary sulfonamides is 1. The number of rotatable bonds is 7. The third kappa shape index (κ3) is 4.85. The first-order valence-corrected chi connectivity index (χ1v) is 8.21. The summed E-state index contributed by atoms with van der Waals surface area (Å²) >= 11 is 0. The van der Waals surface area contributed by atoms with Gasteiger partial charge in [0.1, 0.15) is 10.7 Å². The lowest BCUT2D eigenvalue weighted by atomic mass is 9.97. The van der Waals surface area contributed by atoms with E-state index in [1.165, 1.54) is 6.92 Å². The fourth-order valence-electron chi connectivity index (χ4n) is 2.00. The van der Waals surface area contributed by atoms with E-state index in [1.807, 2.05) is 13.8 Å². The summed E-state index contributed by atoms with van der Waals surface area (Å²) in [6, 6.07) is 1.03. The zero-order valence-corrected chi connectivity index (χ0v) is 13.4. The first-order chi connectivity index (χ1) is 10.0. The molecule has 1 amide bonds. The van der Waals surface area contributed by atoms with Gasteiger partial charge in [-0.05, 0) is 19.3 Å². The number of hydrogen-bond acceptors (Lipinski definition) is 5. The predicted octanol–water partition coefficient (Wildman–Crippen LogP) is 0.712. The Bertz CT molecular complexity index is 662. The van der Waals surface area contributed by atoms with Crippen LogP contribution in [0.25, 0.3) is 0 Å². The highest BCUT2D eigenvalue weighted by molar-refractivity contribution is 7.89. The van der Waals surface area contributed by atoms with Crippen molar-refractivity contribution in [2.24, 2.45) is 17.0 Å². The largest absolute Gasteiger partial charge is 0.481 e. The van der Waals surface area contributed by atoms with Gasteiger partial charge >= 0.3 is 5.97 Å². The van der Waals surface area contributed by atoms with Gasteiger partial charge in [0.15, 0.2) is 5.76 Å². The molecule has 0 fully saturated rings. The minimum Gasteiger partial charge on any atom is -0.481 e. The van der Waals surface area contributed by atoms with Crippen molar-refractivity contribution in [2.45, 2.75) is 32.1 Å². The van der Waals surface area contributed by atoms with Gasteiger partial charge in [-0.25, -0.2) is 13.6 Å². The van der Waals surface area contributed by atoms with Gasteiger partial charge in [-0.1, -0.05) is 13.8 Å². The van der Waals surface area contributed by atoms with Crippen molar-refractivity contribution in [3.63, 3.8) is 0 Å². The number of furan rings is 1. The second kappa shape index (κ2) is 6.93. The molecule has 4 N–H and O–H groups in total. The van der Waals surface area contributed by atoms with Gasteiger partial charge in [-0.3, -0.25) is 9.59 Å². The zero-order valence-electron chi connectivity index (χ0n) is 12.6. The van der Waals surface area contributed by atoms with E-state index in [-0.39, 0.29) is 28.9 Å². The van der Waals surface area contributed by atoms with E-state index in [0.29, 0.717) is 6.42 Å². The van der Waals surface area contributed by atoms with Crippen LogP contribution >= 0.6 is 0 Å². The van der Waals surface area contributed by atoms with Crippen molar-refractivity contribution < 1.29 is 27.5 Å². The van der Waals surface area contributed by atoms with Crippen LogP contribution in [-0.4, -0.2) is 31.9 Å². The van der Waals surface area contributed by atoms with Gasteiger partial charge in [0.25, 0.3) is 5.91 Å². The Labute approximate surface area is 128 Å². The van der Waals surface area contributed by atoms with Crippen molar-refractivity contribution >= 4 is 21.9 Å².